The number of methoxy groups -OCH3 is 1. The Kier molecular flexibility index (Phi) is 6.97. The summed E-state index contributed by atoms with van der Waals surface area (Å²) in [5.41, 5.74) is 0.691. The minimum atomic E-state index is -0.828. The quantitative estimate of drug-likeness (QED) is 0.609. The van der Waals surface area contributed by atoms with Crippen LogP contribution < -0.4 is 0 Å². The van der Waals surface area contributed by atoms with Gasteiger partial charge in [0.1, 0.15) is 0 Å². The minimum absolute atomic E-state index is 0.0756. The van der Waals surface area contributed by atoms with Crippen LogP contribution >= 0.6 is 0 Å². The topological polar surface area (TPSA) is 86.5 Å². The zero-order valence-corrected chi connectivity index (χ0v) is 10.5. The van der Waals surface area contributed by atoms with Crippen molar-refractivity contribution < 1.29 is 19.4 Å². The number of carbonyl (C=O) groups is 1. The lowest BCUT2D eigenvalue weighted by atomic mass is 10.2. The fourth-order valence-electron chi connectivity index (χ4n) is 1.36. The fourth-order valence-corrected chi connectivity index (χ4v) is 1.36. The highest BCUT2D eigenvalue weighted by Gasteiger charge is 2.03. The number of carboxylic acids is 1. The van der Waals surface area contributed by atoms with E-state index >= 15 is 0 Å². The molecule has 0 spiro atoms. The largest absolute Gasteiger partial charge is 0.481 e. The molecule has 0 radical (unpaired) electrons. The van der Waals surface area contributed by atoms with Gasteiger partial charge in [-0.2, -0.15) is 0 Å². The second-order valence-electron chi connectivity index (χ2n) is 3.83. The Morgan fingerprint density at radius 3 is 3.00 bits per heavy atom. The summed E-state index contributed by atoms with van der Waals surface area (Å²) in [6.45, 7) is 2.54. The van der Waals surface area contributed by atoms with E-state index in [1.807, 2.05) is 0 Å². The van der Waals surface area contributed by atoms with Crippen LogP contribution in [0.2, 0.25) is 0 Å². The second-order valence-corrected chi connectivity index (χ2v) is 3.83. The van der Waals surface area contributed by atoms with Crippen LogP contribution in [0.5, 0.6) is 0 Å². The molecule has 1 heterocycles. The average Bonchev–Trinajstić information content (AvgIpc) is 2.79. The molecular formula is C11H19N3O4. The van der Waals surface area contributed by atoms with E-state index < -0.39 is 5.97 Å². The predicted octanol–water partition coefficient (Wildman–Crippen LogP) is 0.348. The molecule has 1 N–H and O–H groups in total. The van der Waals surface area contributed by atoms with Crippen molar-refractivity contribution >= 4 is 5.97 Å². The lowest BCUT2D eigenvalue weighted by molar-refractivity contribution is -0.136. The monoisotopic (exact) mass is 257 g/mol. The third-order valence-electron chi connectivity index (χ3n) is 2.28. The lowest BCUT2D eigenvalue weighted by Gasteiger charge is -2.03. The summed E-state index contributed by atoms with van der Waals surface area (Å²) in [7, 11) is 1.66. The number of hydrogen-bond donors (Lipinski definition) is 1. The molecule has 0 unspecified atom stereocenters. The maximum absolute atomic E-state index is 10.4. The first-order valence-corrected chi connectivity index (χ1v) is 5.90. The highest BCUT2D eigenvalue weighted by molar-refractivity contribution is 5.66. The van der Waals surface area contributed by atoms with Gasteiger partial charge in [-0.25, -0.2) is 4.68 Å². The molecule has 7 heteroatoms. The summed E-state index contributed by atoms with van der Waals surface area (Å²) in [6.07, 6.45) is 3.11. The molecule has 0 aliphatic carbocycles. The van der Waals surface area contributed by atoms with Crippen molar-refractivity contribution in [1.82, 2.24) is 15.0 Å². The summed E-state index contributed by atoms with van der Waals surface area (Å²) >= 11 is 0. The molecule has 0 aromatic carbocycles. The molecule has 1 aromatic rings. The van der Waals surface area contributed by atoms with Gasteiger partial charge in [0.25, 0.3) is 0 Å². The van der Waals surface area contributed by atoms with Crippen LogP contribution in [-0.2, 0) is 27.2 Å². The molecule has 102 valence electrons. The number of aryl methyl sites for hydroxylation is 1. The zero-order valence-electron chi connectivity index (χ0n) is 10.5. The van der Waals surface area contributed by atoms with Crippen LogP contribution in [0.15, 0.2) is 6.20 Å². The van der Waals surface area contributed by atoms with Crippen LogP contribution in [0, 0.1) is 0 Å². The van der Waals surface area contributed by atoms with Gasteiger partial charge in [0.15, 0.2) is 0 Å². The first-order chi connectivity index (χ1) is 8.72. The fraction of sp³-hybridized carbons (Fsp3) is 0.727. The smallest absolute Gasteiger partial charge is 0.303 e. The minimum Gasteiger partial charge on any atom is -0.481 e. The van der Waals surface area contributed by atoms with Gasteiger partial charge in [0, 0.05) is 32.9 Å². The van der Waals surface area contributed by atoms with Crippen molar-refractivity contribution in [2.24, 2.45) is 0 Å². The number of nitrogens with zero attached hydrogens (tertiary/aromatic N) is 3. The van der Waals surface area contributed by atoms with Gasteiger partial charge >= 0.3 is 5.97 Å². The van der Waals surface area contributed by atoms with E-state index in [4.69, 9.17) is 14.6 Å². The van der Waals surface area contributed by atoms with Crippen molar-refractivity contribution in [3.05, 3.63) is 11.9 Å². The van der Waals surface area contributed by atoms with Crippen LogP contribution in [0.1, 0.15) is 18.5 Å². The molecule has 0 saturated heterocycles. The normalized spacial score (nSPS) is 10.7. The molecule has 0 atom stereocenters. The van der Waals surface area contributed by atoms with Crippen molar-refractivity contribution in [2.75, 3.05) is 26.9 Å². The van der Waals surface area contributed by atoms with E-state index in [0.29, 0.717) is 38.5 Å². The molecule has 0 aliphatic heterocycles. The Hall–Kier alpha value is -1.47. The first-order valence-electron chi connectivity index (χ1n) is 5.90. The van der Waals surface area contributed by atoms with E-state index in [0.717, 1.165) is 6.42 Å². The van der Waals surface area contributed by atoms with Gasteiger partial charge in [-0.05, 0) is 6.42 Å². The molecule has 18 heavy (non-hydrogen) atoms. The summed E-state index contributed by atoms with van der Waals surface area (Å²) in [4.78, 5) is 10.4. The van der Waals surface area contributed by atoms with Gasteiger partial charge in [-0.1, -0.05) is 5.21 Å². The predicted molar refractivity (Wildman–Crippen MR) is 63.3 cm³/mol. The summed E-state index contributed by atoms with van der Waals surface area (Å²) < 4.78 is 11.9. The number of ether oxygens (including phenoxy) is 2. The molecule has 0 bridgehead atoms. The summed E-state index contributed by atoms with van der Waals surface area (Å²) in [5, 5.41) is 16.3. The maximum atomic E-state index is 10.4. The molecule has 1 aromatic heterocycles. The van der Waals surface area contributed by atoms with Gasteiger partial charge in [0.2, 0.25) is 0 Å². The van der Waals surface area contributed by atoms with Crippen molar-refractivity contribution in [3.63, 3.8) is 0 Å². The first kappa shape index (κ1) is 14.6. The number of rotatable bonds is 10. The third kappa shape index (κ3) is 6.31. The zero-order chi connectivity index (χ0) is 13.2. The highest BCUT2D eigenvalue weighted by atomic mass is 16.5. The molecule has 0 amide bonds. The standard InChI is InChI=1S/C11H19N3O4/c1-17-6-2-7-18-8-5-14-9-10(12-13-14)3-4-11(15)16/h9H,2-8H2,1H3,(H,15,16). The average molecular weight is 257 g/mol. The van der Waals surface area contributed by atoms with Crippen molar-refractivity contribution in [3.8, 4) is 0 Å². The lowest BCUT2D eigenvalue weighted by Crippen LogP contribution is -2.08. The van der Waals surface area contributed by atoms with Crippen molar-refractivity contribution in [1.29, 1.82) is 0 Å². The maximum Gasteiger partial charge on any atom is 0.303 e. The molecule has 0 aliphatic rings. The molecular weight excluding hydrogens is 238 g/mol. The van der Waals surface area contributed by atoms with Gasteiger partial charge in [0.05, 0.1) is 25.3 Å². The number of hydrogen-bond acceptors (Lipinski definition) is 5. The van der Waals surface area contributed by atoms with E-state index in [9.17, 15) is 4.79 Å². The number of aromatic nitrogens is 3. The van der Waals surface area contributed by atoms with Gasteiger partial charge < -0.3 is 14.6 Å². The van der Waals surface area contributed by atoms with Crippen LogP contribution in [-0.4, -0.2) is 53.0 Å². The molecule has 0 saturated carbocycles. The number of carboxylic acid groups (broad SMARTS) is 1. The van der Waals surface area contributed by atoms with Gasteiger partial charge in [-0.15, -0.1) is 5.10 Å². The second kappa shape index (κ2) is 8.60. The van der Waals surface area contributed by atoms with Crippen LogP contribution in [0.25, 0.3) is 0 Å². The Morgan fingerprint density at radius 2 is 2.28 bits per heavy atom. The van der Waals surface area contributed by atoms with Crippen molar-refractivity contribution in [2.45, 2.75) is 25.8 Å². The molecule has 1 rings (SSSR count). The Morgan fingerprint density at radius 1 is 1.44 bits per heavy atom. The SMILES string of the molecule is COCCCOCCn1cc(CCC(=O)O)nn1. The Balaban J connectivity index is 2.13. The van der Waals surface area contributed by atoms with E-state index in [1.165, 1.54) is 0 Å². The Labute approximate surface area is 106 Å². The van der Waals surface area contributed by atoms with E-state index in [-0.39, 0.29) is 6.42 Å². The summed E-state index contributed by atoms with van der Waals surface area (Å²) in [6, 6.07) is 0. The highest BCUT2D eigenvalue weighted by Crippen LogP contribution is 1.98. The van der Waals surface area contributed by atoms with E-state index in [1.54, 1.807) is 18.0 Å². The molecule has 0 fully saturated rings. The molecule has 7 nitrogen and oxygen atoms in total. The van der Waals surface area contributed by atoms with Gasteiger partial charge in [-0.3, -0.25) is 4.79 Å². The third-order valence-corrected chi connectivity index (χ3v) is 2.28. The summed E-state index contributed by atoms with van der Waals surface area (Å²) in [5.74, 6) is -0.828. The Bertz CT molecular complexity index is 354. The number of aliphatic carboxylic acids is 1. The van der Waals surface area contributed by atoms with Crippen LogP contribution in [0.3, 0.4) is 0 Å². The van der Waals surface area contributed by atoms with E-state index in [2.05, 4.69) is 10.3 Å². The van der Waals surface area contributed by atoms with Crippen LogP contribution in [0.4, 0.5) is 0 Å².